The van der Waals surface area contributed by atoms with Gasteiger partial charge in [0, 0.05) is 37.8 Å². The van der Waals surface area contributed by atoms with Crippen molar-refractivity contribution in [1.29, 1.82) is 5.26 Å². The highest BCUT2D eigenvalue weighted by molar-refractivity contribution is 5.62. The third-order valence-corrected chi connectivity index (χ3v) is 3.21. The summed E-state index contributed by atoms with van der Waals surface area (Å²) in [4.78, 5) is 8.64. The molecule has 6 nitrogen and oxygen atoms in total. The van der Waals surface area contributed by atoms with Crippen LogP contribution in [0.3, 0.4) is 0 Å². The van der Waals surface area contributed by atoms with Gasteiger partial charge in [0.1, 0.15) is 0 Å². The first-order valence-electron chi connectivity index (χ1n) is 8.28. The Hall–Kier alpha value is -3.17. The van der Waals surface area contributed by atoms with Crippen LogP contribution < -0.4 is 10.6 Å². The summed E-state index contributed by atoms with van der Waals surface area (Å²) >= 11 is 0. The number of aromatic nitrogens is 3. The number of benzene rings is 1. The Labute approximate surface area is 155 Å². The molecule has 0 saturated carbocycles. The topological polar surface area (TPSA) is 78.0 Å². The van der Waals surface area contributed by atoms with Gasteiger partial charge in [-0.15, -0.1) is 6.58 Å². The van der Waals surface area contributed by atoms with Gasteiger partial charge in [-0.1, -0.05) is 18.2 Å². The van der Waals surface area contributed by atoms with Gasteiger partial charge in [0.2, 0.25) is 0 Å². The van der Waals surface area contributed by atoms with Crippen LogP contribution in [0.15, 0.2) is 55.5 Å². The van der Waals surface area contributed by atoms with Gasteiger partial charge in [-0.3, -0.25) is 4.40 Å². The molecular formula is C20H26N6. The van der Waals surface area contributed by atoms with Crippen LogP contribution in [-0.4, -0.2) is 35.5 Å². The zero-order chi connectivity index (χ0) is 19.4. The van der Waals surface area contributed by atoms with E-state index in [0.717, 1.165) is 29.1 Å². The minimum Gasteiger partial charge on any atom is -0.370 e. The predicted octanol–water partition coefficient (Wildman–Crippen LogP) is 3.26. The monoisotopic (exact) mass is 350 g/mol. The summed E-state index contributed by atoms with van der Waals surface area (Å²) in [5.41, 5.74) is 3.73. The lowest BCUT2D eigenvalue weighted by molar-refractivity contribution is 1.01. The predicted molar refractivity (Wildman–Crippen MR) is 107 cm³/mol. The van der Waals surface area contributed by atoms with Crippen molar-refractivity contribution < 1.29 is 0 Å². The maximum atomic E-state index is 8.81. The van der Waals surface area contributed by atoms with Crippen LogP contribution >= 0.6 is 0 Å². The second kappa shape index (κ2) is 11.4. The van der Waals surface area contributed by atoms with Crippen LogP contribution in [0.1, 0.15) is 23.7 Å². The minimum atomic E-state index is 0.675. The molecule has 0 aliphatic rings. The van der Waals surface area contributed by atoms with Crippen molar-refractivity contribution in [2.75, 3.05) is 26.5 Å². The molecule has 26 heavy (non-hydrogen) atoms. The van der Waals surface area contributed by atoms with E-state index in [2.05, 4.69) is 33.2 Å². The standard InChI is InChI=1S/C15H13N5.C3H6.C2H7N/c1-17-14-15-19-10-13(20(15)7-6-18-14)8-11-2-4-12(9-16)5-3-11;2*1-3-2/h2-7,10H,8H2,1H3,(H,17,18);3H,1H2,2H3;3H,1-2H3. The zero-order valence-electron chi connectivity index (χ0n) is 15.8. The molecule has 0 aliphatic carbocycles. The van der Waals surface area contributed by atoms with Crippen molar-refractivity contribution in [2.24, 2.45) is 0 Å². The SMILES string of the molecule is C=CC.CNC.CNc1nccn2c(Cc3ccc(C#N)cc3)cnc12. The van der Waals surface area contributed by atoms with Gasteiger partial charge < -0.3 is 10.6 Å². The molecule has 136 valence electrons. The molecule has 0 amide bonds. The number of anilines is 1. The fourth-order valence-corrected chi connectivity index (χ4v) is 2.18. The van der Waals surface area contributed by atoms with E-state index < -0.39 is 0 Å². The highest BCUT2D eigenvalue weighted by atomic mass is 15.1. The molecular weight excluding hydrogens is 324 g/mol. The molecule has 0 spiro atoms. The normalized spacial score (nSPS) is 9.19. The second-order valence-corrected chi connectivity index (χ2v) is 5.36. The van der Waals surface area contributed by atoms with E-state index in [4.69, 9.17) is 5.26 Å². The molecule has 0 radical (unpaired) electrons. The molecule has 3 aromatic rings. The molecule has 0 unspecified atom stereocenters. The summed E-state index contributed by atoms with van der Waals surface area (Å²) in [6, 6.07) is 9.73. The maximum absolute atomic E-state index is 8.81. The van der Waals surface area contributed by atoms with E-state index in [1.54, 1.807) is 12.3 Å². The number of nitrogens with zero attached hydrogens (tertiary/aromatic N) is 4. The molecule has 0 aliphatic heterocycles. The van der Waals surface area contributed by atoms with Gasteiger partial charge in [-0.2, -0.15) is 5.26 Å². The summed E-state index contributed by atoms with van der Waals surface area (Å²) in [5, 5.41) is 14.6. The van der Waals surface area contributed by atoms with Gasteiger partial charge in [-0.25, -0.2) is 9.97 Å². The minimum absolute atomic E-state index is 0.675. The number of rotatable bonds is 3. The summed E-state index contributed by atoms with van der Waals surface area (Å²) in [6.07, 6.45) is 8.03. The smallest absolute Gasteiger partial charge is 0.180 e. The summed E-state index contributed by atoms with van der Waals surface area (Å²) in [7, 11) is 5.58. The largest absolute Gasteiger partial charge is 0.370 e. The first-order chi connectivity index (χ1) is 12.6. The molecule has 6 heteroatoms. The van der Waals surface area contributed by atoms with E-state index in [-0.39, 0.29) is 0 Å². The van der Waals surface area contributed by atoms with Crippen LogP contribution in [-0.2, 0) is 6.42 Å². The van der Waals surface area contributed by atoms with E-state index in [9.17, 15) is 0 Å². The third-order valence-electron chi connectivity index (χ3n) is 3.21. The number of fused-ring (bicyclic) bond motifs is 1. The van der Waals surface area contributed by atoms with Crippen molar-refractivity contribution >= 4 is 11.5 Å². The quantitative estimate of drug-likeness (QED) is 0.709. The number of nitriles is 1. The third kappa shape index (κ3) is 5.72. The van der Waals surface area contributed by atoms with Gasteiger partial charge in [0.15, 0.2) is 11.5 Å². The van der Waals surface area contributed by atoms with E-state index in [1.807, 2.05) is 69.1 Å². The maximum Gasteiger partial charge on any atom is 0.180 e. The summed E-state index contributed by atoms with van der Waals surface area (Å²) < 4.78 is 2.02. The number of hydrogen-bond acceptors (Lipinski definition) is 5. The van der Waals surface area contributed by atoms with Crippen molar-refractivity contribution in [2.45, 2.75) is 13.3 Å². The average Bonchev–Trinajstić information content (AvgIpc) is 3.07. The second-order valence-electron chi connectivity index (χ2n) is 5.36. The van der Waals surface area contributed by atoms with Gasteiger partial charge in [-0.05, 0) is 38.7 Å². The van der Waals surface area contributed by atoms with Crippen LogP contribution in [0, 0.1) is 11.3 Å². The van der Waals surface area contributed by atoms with E-state index in [0.29, 0.717) is 5.56 Å². The lowest BCUT2D eigenvalue weighted by atomic mass is 10.1. The highest BCUT2D eigenvalue weighted by Gasteiger charge is 2.08. The number of allylic oxidation sites excluding steroid dienone is 1. The number of imidazole rings is 1. The summed E-state index contributed by atoms with van der Waals surface area (Å²) in [6.45, 7) is 5.25. The number of nitrogens with one attached hydrogen (secondary N) is 2. The van der Waals surface area contributed by atoms with Crippen LogP contribution in [0.25, 0.3) is 5.65 Å². The number of hydrogen-bond donors (Lipinski definition) is 2. The Morgan fingerprint density at radius 1 is 1.19 bits per heavy atom. The van der Waals surface area contributed by atoms with Crippen LogP contribution in [0.4, 0.5) is 5.82 Å². The van der Waals surface area contributed by atoms with Crippen molar-refractivity contribution in [1.82, 2.24) is 19.7 Å². The Morgan fingerprint density at radius 2 is 1.81 bits per heavy atom. The molecule has 2 aromatic heterocycles. The molecule has 0 bridgehead atoms. The van der Waals surface area contributed by atoms with E-state index in [1.165, 1.54) is 0 Å². The highest BCUT2D eigenvalue weighted by Crippen LogP contribution is 2.16. The Bertz CT molecular complexity index is 843. The van der Waals surface area contributed by atoms with Crippen molar-refractivity contribution in [3.05, 3.63) is 72.3 Å². The van der Waals surface area contributed by atoms with Crippen LogP contribution in [0.2, 0.25) is 0 Å². The molecule has 2 N–H and O–H groups in total. The average molecular weight is 350 g/mol. The Balaban J connectivity index is 0.000000499. The Kier molecular flexibility index (Phi) is 9.15. The first kappa shape index (κ1) is 20.9. The molecule has 0 saturated heterocycles. The van der Waals surface area contributed by atoms with Gasteiger partial charge in [0.25, 0.3) is 0 Å². The zero-order valence-corrected chi connectivity index (χ0v) is 15.8. The fraction of sp³-hybridized carbons (Fsp3) is 0.250. The van der Waals surface area contributed by atoms with Gasteiger partial charge in [0.05, 0.1) is 11.6 Å². The lowest BCUT2D eigenvalue weighted by Gasteiger charge is -2.04. The van der Waals surface area contributed by atoms with Crippen LogP contribution in [0.5, 0.6) is 0 Å². The molecule has 0 atom stereocenters. The molecule has 1 aromatic carbocycles. The Morgan fingerprint density at radius 3 is 2.35 bits per heavy atom. The summed E-state index contributed by atoms with van der Waals surface area (Å²) in [5.74, 6) is 0.763. The molecule has 0 fully saturated rings. The van der Waals surface area contributed by atoms with Gasteiger partial charge >= 0.3 is 0 Å². The fourth-order valence-electron chi connectivity index (χ4n) is 2.18. The molecule has 2 heterocycles. The molecule has 3 rings (SSSR count). The lowest BCUT2D eigenvalue weighted by Crippen LogP contribution is -1.99. The van der Waals surface area contributed by atoms with E-state index >= 15 is 0 Å². The van der Waals surface area contributed by atoms with Crippen molar-refractivity contribution in [3.63, 3.8) is 0 Å². The van der Waals surface area contributed by atoms with Crippen molar-refractivity contribution in [3.8, 4) is 6.07 Å². The first-order valence-corrected chi connectivity index (χ1v) is 8.28.